The number of rotatable bonds is 7. The zero-order valence-electron chi connectivity index (χ0n) is 17.0. The van der Waals surface area contributed by atoms with Crippen LogP contribution < -0.4 is 14.8 Å². The van der Waals surface area contributed by atoms with Crippen molar-refractivity contribution in [2.75, 3.05) is 20.8 Å². The van der Waals surface area contributed by atoms with Crippen LogP contribution in [0.4, 0.5) is 0 Å². The quantitative estimate of drug-likeness (QED) is 0.643. The summed E-state index contributed by atoms with van der Waals surface area (Å²) in [7, 11) is 4.86. The van der Waals surface area contributed by atoms with Crippen LogP contribution in [-0.4, -0.2) is 41.6 Å². The van der Waals surface area contributed by atoms with E-state index in [2.05, 4.69) is 10.4 Å². The molecular formula is C22H25N3O4. The first-order valence-corrected chi connectivity index (χ1v) is 9.18. The zero-order chi connectivity index (χ0) is 21.0. The van der Waals surface area contributed by atoms with Gasteiger partial charge in [0.05, 0.1) is 26.5 Å². The van der Waals surface area contributed by atoms with Gasteiger partial charge in [0.15, 0.2) is 0 Å². The van der Waals surface area contributed by atoms with Crippen LogP contribution in [0.3, 0.4) is 0 Å². The van der Waals surface area contributed by atoms with Gasteiger partial charge in [0, 0.05) is 12.6 Å². The van der Waals surface area contributed by atoms with Crippen LogP contribution in [0.15, 0.2) is 54.6 Å². The summed E-state index contributed by atoms with van der Waals surface area (Å²) in [5.74, 6) is 0.962. The molecule has 152 valence electrons. The number of methoxy groups -OCH3 is 2. The topological polar surface area (TPSA) is 85.6 Å². The normalized spacial score (nSPS) is 12.9. The van der Waals surface area contributed by atoms with Gasteiger partial charge in [0.25, 0.3) is 5.91 Å². The standard InChI is InChI=1S/C22H25N3O4/c1-22(27,15-8-6-5-7-9-15)14-23-21(26)19-13-18(24-25(19)2)17-12-16(28-3)10-11-20(17)29-4/h5-13,27H,14H2,1-4H3,(H,23,26)/t22-/m0/s1. The molecule has 7 nitrogen and oxygen atoms in total. The van der Waals surface area contributed by atoms with E-state index in [9.17, 15) is 9.90 Å². The molecule has 1 atom stereocenters. The molecule has 7 heteroatoms. The molecular weight excluding hydrogens is 370 g/mol. The number of carbonyl (C=O) groups is 1. The number of aromatic nitrogens is 2. The third-order valence-corrected chi connectivity index (χ3v) is 4.78. The fraction of sp³-hybridized carbons (Fsp3) is 0.273. The van der Waals surface area contributed by atoms with Crippen molar-refractivity contribution in [3.8, 4) is 22.8 Å². The molecule has 0 aliphatic carbocycles. The maximum absolute atomic E-state index is 12.7. The predicted octanol–water partition coefficient (Wildman–Crippen LogP) is 2.74. The Hall–Kier alpha value is -3.32. The average molecular weight is 395 g/mol. The number of hydrogen-bond acceptors (Lipinski definition) is 5. The first kappa shape index (κ1) is 20.4. The summed E-state index contributed by atoms with van der Waals surface area (Å²) in [5, 5.41) is 17.9. The van der Waals surface area contributed by atoms with Crippen molar-refractivity contribution < 1.29 is 19.4 Å². The lowest BCUT2D eigenvalue weighted by atomic mass is 9.96. The molecule has 29 heavy (non-hydrogen) atoms. The van der Waals surface area contributed by atoms with Gasteiger partial charge in [-0.15, -0.1) is 0 Å². The van der Waals surface area contributed by atoms with Crippen molar-refractivity contribution >= 4 is 5.91 Å². The lowest BCUT2D eigenvalue weighted by Crippen LogP contribution is -2.39. The van der Waals surface area contributed by atoms with E-state index in [-0.39, 0.29) is 12.5 Å². The van der Waals surface area contributed by atoms with E-state index >= 15 is 0 Å². The Bertz CT molecular complexity index is 997. The number of hydrogen-bond donors (Lipinski definition) is 2. The highest BCUT2D eigenvalue weighted by Crippen LogP contribution is 2.33. The Kier molecular flexibility index (Phi) is 5.89. The summed E-state index contributed by atoms with van der Waals surface area (Å²) < 4.78 is 12.2. The number of ether oxygens (including phenoxy) is 2. The molecule has 1 heterocycles. The van der Waals surface area contributed by atoms with Crippen LogP contribution in [0.25, 0.3) is 11.3 Å². The molecule has 3 aromatic rings. The first-order chi connectivity index (χ1) is 13.9. The number of nitrogens with zero attached hydrogens (tertiary/aromatic N) is 2. The summed E-state index contributed by atoms with van der Waals surface area (Å²) in [6.07, 6.45) is 0. The van der Waals surface area contributed by atoms with Crippen molar-refractivity contribution in [2.45, 2.75) is 12.5 Å². The molecule has 0 saturated heterocycles. The van der Waals surface area contributed by atoms with E-state index < -0.39 is 5.60 Å². The van der Waals surface area contributed by atoms with Crippen LogP contribution >= 0.6 is 0 Å². The van der Waals surface area contributed by atoms with Crippen LogP contribution in [-0.2, 0) is 12.6 Å². The second-order valence-corrected chi connectivity index (χ2v) is 6.93. The molecule has 0 spiro atoms. The van der Waals surface area contributed by atoms with Crippen molar-refractivity contribution in [2.24, 2.45) is 7.05 Å². The number of amides is 1. The van der Waals surface area contributed by atoms with Gasteiger partial charge in [-0.05, 0) is 36.8 Å². The maximum atomic E-state index is 12.7. The minimum Gasteiger partial charge on any atom is -0.497 e. The number of aliphatic hydroxyl groups is 1. The lowest BCUT2D eigenvalue weighted by Gasteiger charge is -2.24. The molecule has 0 fully saturated rings. The van der Waals surface area contributed by atoms with Crippen molar-refractivity contribution in [1.82, 2.24) is 15.1 Å². The molecule has 3 rings (SSSR count). The molecule has 0 saturated carbocycles. The van der Waals surface area contributed by atoms with E-state index in [4.69, 9.17) is 9.47 Å². The predicted molar refractivity (Wildman–Crippen MR) is 110 cm³/mol. The molecule has 2 aromatic carbocycles. The third kappa shape index (κ3) is 4.41. The molecule has 1 aromatic heterocycles. The average Bonchev–Trinajstić information content (AvgIpc) is 3.13. The minimum atomic E-state index is -1.19. The van der Waals surface area contributed by atoms with Gasteiger partial charge in [-0.1, -0.05) is 30.3 Å². The number of benzene rings is 2. The molecule has 2 N–H and O–H groups in total. The van der Waals surface area contributed by atoms with Crippen LogP contribution in [0.5, 0.6) is 11.5 Å². The van der Waals surface area contributed by atoms with Crippen LogP contribution in [0.2, 0.25) is 0 Å². The van der Waals surface area contributed by atoms with E-state index in [1.54, 1.807) is 46.4 Å². The SMILES string of the molecule is COc1ccc(OC)c(-c2cc(C(=O)NC[C@](C)(O)c3ccccc3)n(C)n2)c1. The van der Waals surface area contributed by atoms with Gasteiger partial charge >= 0.3 is 0 Å². The van der Waals surface area contributed by atoms with Gasteiger partial charge in [0.1, 0.15) is 22.8 Å². The number of nitrogens with one attached hydrogen (secondary N) is 1. The van der Waals surface area contributed by atoms with Gasteiger partial charge < -0.3 is 19.9 Å². The third-order valence-electron chi connectivity index (χ3n) is 4.78. The maximum Gasteiger partial charge on any atom is 0.269 e. The second-order valence-electron chi connectivity index (χ2n) is 6.93. The highest BCUT2D eigenvalue weighted by Gasteiger charge is 2.25. The molecule has 0 bridgehead atoms. The van der Waals surface area contributed by atoms with Gasteiger partial charge in [-0.2, -0.15) is 5.10 Å². The fourth-order valence-corrected chi connectivity index (χ4v) is 3.07. The van der Waals surface area contributed by atoms with Crippen LogP contribution in [0.1, 0.15) is 23.0 Å². The van der Waals surface area contributed by atoms with Crippen molar-refractivity contribution in [1.29, 1.82) is 0 Å². The fourth-order valence-electron chi connectivity index (χ4n) is 3.07. The zero-order valence-corrected chi connectivity index (χ0v) is 17.0. The molecule has 0 aliphatic heterocycles. The van der Waals surface area contributed by atoms with E-state index in [0.29, 0.717) is 22.9 Å². The molecule has 1 amide bonds. The summed E-state index contributed by atoms with van der Waals surface area (Å²) in [4.78, 5) is 12.7. The second kappa shape index (κ2) is 8.36. The van der Waals surface area contributed by atoms with E-state index in [0.717, 1.165) is 11.1 Å². The minimum absolute atomic E-state index is 0.0683. The Morgan fingerprint density at radius 3 is 2.52 bits per heavy atom. The molecule has 0 radical (unpaired) electrons. The van der Waals surface area contributed by atoms with Crippen molar-refractivity contribution in [3.63, 3.8) is 0 Å². The molecule has 0 aliphatic rings. The van der Waals surface area contributed by atoms with Gasteiger partial charge in [0.2, 0.25) is 0 Å². The summed E-state index contributed by atoms with van der Waals surface area (Å²) >= 11 is 0. The number of aryl methyl sites for hydroxylation is 1. The van der Waals surface area contributed by atoms with Crippen LogP contribution in [0, 0.1) is 0 Å². The Labute approximate surface area is 169 Å². The Morgan fingerprint density at radius 2 is 1.86 bits per heavy atom. The monoisotopic (exact) mass is 395 g/mol. The largest absolute Gasteiger partial charge is 0.497 e. The number of carbonyl (C=O) groups excluding carboxylic acids is 1. The highest BCUT2D eigenvalue weighted by molar-refractivity contribution is 5.94. The first-order valence-electron chi connectivity index (χ1n) is 9.18. The Balaban J connectivity index is 1.81. The van der Waals surface area contributed by atoms with E-state index in [1.165, 1.54) is 4.68 Å². The summed E-state index contributed by atoms with van der Waals surface area (Å²) in [6.45, 7) is 1.73. The van der Waals surface area contributed by atoms with Crippen molar-refractivity contribution in [3.05, 3.63) is 65.9 Å². The molecule has 0 unspecified atom stereocenters. The van der Waals surface area contributed by atoms with Gasteiger partial charge in [-0.3, -0.25) is 9.48 Å². The summed E-state index contributed by atoms with van der Waals surface area (Å²) in [6, 6.07) is 16.3. The lowest BCUT2D eigenvalue weighted by molar-refractivity contribution is 0.0523. The summed E-state index contributed by atoms with van der Waals surface area (Å²) in [5.41, 5.74) is 1.22. The smallest absolute Gasteiger partial charge is 0.269 e. The van der Waals surface area contributed by atoms with Gasteiger partial charge in [-0.25, -0.2) is 0 Å². The van der Waals surface area contributed by atoms with E-state index in [1.807, 2.05) is 36.4 Å². The Morgan fingerprint density at radius 1 is 1.14 bits per heavy atom. The highest BCUT2D eigenvalue weighted by atomic mass is 16.5.